The van der Waals surface area contributed by atoms with Crippen molar-refractivity contribution in [1.29, 1.82) is 0 Å². The Morgan fingerprint density at radius 2 is 1.96 bits per heavy atom. The van der Waals surface area contributed by atoms with Crippen molar-refractivity contribution in [3.05, 3.63) is 70.1 Å². The topological polar surface area (TPSA) is 40.5 Å². The number of carboxylic acids is 1. The first-order valence-corrected chi connectivity index (χ1v) is 10.5. The quantitative estimate of drug-likeness (QED) is 0.646. The highest BCUT2D eigenvalue weighted by molar-refractivity contribution is 7.17. The summed E-state index contributed by atoms with van der Waals surface area (Å²) in [6.45, 7) is 5.06. The summed E-state index contributed by atoms with van der Waals surface area (Å²) in [7, 11) is 0. The van der Waals surface area contributed by atoms with Gasteiger partial charge in [-0.3, -0.25) is 9.69 Å². The third-order valence-electron chi connectivity index (χ3n) is 5.70. The van der Waals surface area contributed by atoms with Crippen LogP contribution in [0.5, 0.6) is 0 Å². The number of carbonyl (C=O) groups is 1. The largest absolute Gasteiger partial charge is 0.480 e. The summed E-state index contributed by atoms with van der Waals surface area (Å²) in [4.78, 5) is 14.3. The molecule has 2 atom stereocenters. The van der Waals surface area contributed by atoms with Crippen molar-refractivity contribution in [1.82, 2.24) is 4.90 Å². The van der Waals surface area contributed by atoms with Crippen LogP contribution in [-0.2, 0) is 4.79 Å². The fraction of sp³-hybridized carbons (Fsp3) is 0.348. The summed E-state index contributed by atoms with van der Waals surface area (Å²) >= 11 is 1.75. The van der Waals surface area contributed by atoms with Gasteiger partial charge in [0.2, 0.25) is 0 Å². The predicted molar refractivity (Wildman–Crippen MR) is 112 cm³/mol. The number of benzene rings is 2. The van der Waals surface area contributed by atoms with Crippen molar-refractivity contribution in [2.75, 3.05) is 6.54 Å². The van der Waals surface area contributed by atoms with Gasteiger partial charge >= 0.3 is 5.97 Å². The molecule has 1 aromatic heterocycles. The second-order valence-electron chi connectivity index (χ2n) is 7.54. The van der Waals surface area contributed by atoms with E-state index >= 15 is 0 Å². The van der Waals surface area contributed by atoms with E-state index in [1.807, 2.05) is 0 Å². The molecule has 2 heterocycles. The Hall–Kier alpha value is -2.17. The van der Waals surface area contributed by atoms with Gasteiger partial charge in [-0.05, 0) is 66.8 Å². The van der Waals surface area contributed by atoms with Gasteiger partial charge in [-0.25, -0.2) is 0 Å². The molecule has 1 fully saturated rings. The Bertz CT molecular complexity index is 977. The normalized spacial score (nSPS) is 19.3. The maximum absolute atomic E-state index is 12.0. The van der Waals surface area contributed by atoms with Crippen molar-refractivity contribution in [3.8, 4) is 0 Å². The van der Waals surface area contributed by atoms with Crippen LogP contribution < -0.4 is 0 Å². The van der Waals surface area contributed by atoms with Crippen LogP contribution in [0.15, 0.2) is 47.8 Å². The third-order valence-corrected chi connectivity index (χ3v) is 6.68. The van der Waals surface area contributed by atoms with Gasteiger partial charge in [-0.2, -0.15) is 0 Å². The van der Waals surface area contributed by atoms with Gasteiger partial charge in [0.1, 0.15) is 6.04 Å². The highest BCUT2D eigenvalue weighted by Gasteiger charge is 2.36. The first kappa shape index (κ1) is 18.2. The number of likely N-dealkylation sites (tertiary alicyclic amines) is 1. The lowest BCUT2D eigenvalue weighted by atomic mass is 9.88. The summed E-state index contributed by atoms with van der Waals surface area (Å²) in [6.07, 6.45) is 2.75. The van der Waals surface area contributed by atoms with Crippen LogP contribution in [0.1, 0.15) is 47.6 Å². The Balaban J connectivity index is 1.92. The van der Waals surface area contributed by atoms with E-state index in [9.17, 15) is 9.90 Å². The van der Waals surface area contributed by atoms with Crippen LogP contribution in [0.4, 0.5) is 0 Å². The Morgan fingerprint density at radius 1 is 1.15 bits per heavy atom. The van der Waals surface area contributed by atoms with Crippen molar-refractivity contribution in [2.24, 2.45) is 0 Å². The maximum atomic E-state index is 12.0. The molecule has 4 rings (SSSR count). The molecule has 1 aliphatic heterocycles. The molecular weight excluding hydrogens is 354 g/mol. The summed E-state index contributed by atoms with van der Waals surface area (Å²) < 4.78 is 1.26. The van der Waals surface area contributed by atoms with Crippen LogP contribution in [-0.4, -0.2) is 28.6 Å². The van der Waals surface area contributed by atoms with Gasteiger partial charge in [-0.1, -0.05) is 48.4 Å². The molecule has 0 radical (unpaired) electrons. The molecule has 0 bridgehead atoms. The summed E-state index contributed by atoms with van der Waals surface area (Å²) in [5, 5.41) is 13.4. The molecule has 0 amide bonds. The van der Waals surface area contributed by atoms with E-state index in [0.29, 0.717) is 0 Å². The van der Waals surface area contributed by atoms with Gasteiger partial charge in [0.25, 0.3) is 0 Å². The number of hydrogen-bond acceptors (Lipinski definition) is 3. The zero-order valence-electron chi connectivity index (χ0n) is 15.8. The van der Waals surface area contributed by atoms with E-state index in [2.05, 4.69) is 66.6 Å². The Kier molecular flexibility index (Phi) is 5.02. The zero-order valence-corrected chi connectivity index (χ0v) is 16.6. The molecule has 1 saturated heterocycles. The minimum absolute atomic E-state index is 0.0255. The molecule has 140 valence electrons. The molecule has 1 aliphatic rings. The molecule has 2 unspecified atom stereocenters. The van der Waals surface area contributed by atoms with E-state index < -0.39 is 12.0 Å². The molecule has 0 aliphatic carbocycles. The van der Waals surface area contributed by atoms with E-state index in [-0.39, 0.29) is 6.04 Å². The minimum atomic E-state index is -0.704. The third kappa shape index (κ3) is 3.40. The lowest BCUT2D eigenvalue weighted by molar-refractivity contribution is -0.145. The fourth-order valence-corrected chi connectivity index (χ4v) is 5.30. The lowest BCUT2D eigenvalue weighted by Gasteiger charge is -2.40. The zero-order chi connectivity index (χ0) is 19.0. The Labute approximate surface area is 164 Å². The van der Waals surface area contributed by atoms with E-state index in [1.165, 1.54) is 32.3 Å². The second-order valence-corrected chi connectivity index (χ2v) is 8.45. The fourth-order valence-electron chi connectivity index (χ4n) is 4.32. The molecule has 0 saturated carbocycles. The number of fused-ring (bicyclic) bond motifs is 1. The monoisotopic (exact) mass is 379 g/mol. The summed E-state index contributed by atoms with van der Waals surface area (Å²) in [6, 6.07) is 14.5. The minimum Gasteiger partial charge on any atom is -0.480 e. The van der Waals surface area contributed by atoms with Crippen molar-refractivity contribution >= 4 is 27.4 Å². The molecule has 3 nitrogen and oxygen atoms in total. The number of aryl methyl sites for hydroxylation is 2. The smallest absolute Gasteiger partial charge is 0.320 e. The highest BCUT2D eigenvalue weighted by atomic mass is 32.1. The number of hydrogen-bond donors (Lipinski definition) is 1. The van der Waals surface area contributed by atoms with Gasteiger partial charge in [-0.15, -0.1) is 11.3 Å². The summed E-state index contributed by atoms with van der Waals surface area (Å²) in [5.41, 5.74) is 4.89. The predicted octanol–water partition coefficient (Wildman–Crippen LogP) is 5.55. The lowest BCUT2D eigenvalue weighted by Crippen LogP contribution is -2.47. The van der Waals surface area contributed by atoms with Gasteiger partial charge in [0.15, 0.2) is 0 Å². The van der Waals surface area contributed by atoms with Crippen LogP contribution in [0.3, 0.4) is 0 Å². The van der Waals surface area contributed by atoms with Gasteiger partial charge < -0.3 is 5.11 Å². The number of aliphatic carboxylic acids is 1. The van der Waals surface area contributed by atoms with E-state index in [0.717, 1.165) is 25.8 Å². The van der Waals surface area contributed by atoms with Gasteiger partial charge in [0, 0.05) is 4.70 Å². The van der Waals surface area contributed by atoms with E-state index in [4.69, 9.17) is 0 Å². The molecule has 2 aromatic carbocycles. The first-order valence-electron chi connectivity index (χ1n) is 9.58. The average Bonchev–Trinajstić information content (AvgIpc) is 3.09. The SMILES string of the molecule is Cc1ccc(C)c(C(c2csc3ccccc23)N2CCCCC2C(=O)O)c1. The van der Waals surface area contributed by atoms with E-state index in [1.54, 1.807) is 11.3 Å². The summed E-state index contributed by atoms with van der Waals surface area (Å²) in [5.74, 6) is -0.704. The number of piperidine rings is 1. The number of carboxylic acid groups (broad SMARTS) is 1. The molecule has 4 heteroatoms. The van der Waals surface area contributed by atoms with Crippen molar-refractivity contribution < 1.29 is 9.90 Å². The maximum Gasteiger partial charge on any atom is 0.320 e. The number of nitrogens with zero attached hydrogens (tertiary/aromatic N) is 1. The Morgan fingerprint density at radius 3 is 2.78 bits per heavy atom. The van der Waals surface area contributed by atoms with Crippen LogP contribution in [0.25, 0.3) is 10.1 Å². The molecule has 3 aromatic rings. The second kappa shape index (κ2) is 7.45. The number of thiophene rings is 1. The number of rotatable bonds is 4. The van der Waals surface area contributed by atoms with Crippen LogP contribution in [0, 0.1) is 13.8 Å². The van der Waals surface area contributed by atoms with Gasteiger partial charge in [0.05, 0.1) is 6.04 Å². The van der Waals surface area contributed by atoms with Crippen molar-refractivity contribution in [2.45, 2.75) is 45.2 Å². The molecular formula is C23H25NO2S. The average molecular weight is 380 g/mol. The first-order chi connectivity index (χ1) is 13.1. The molecule has 27 heavy (non-hydrogen) atoms. The highest BCUT2D eigenvalue weighted by Crippen LogP contribution is 2.41. The van der Waals surface area contributed by atoms with Crippen LogP contribution >= 0.6 is 11.3 Å². The molecule has 1 N–H and O–H groups in total. The molecule has 0 spiro atoms. The van der Waals surface area contributed by atoms with Crippen LogP contribution in [0.2, 0.25) is 0 Å². The van der Waals surface area contributed by atoms with Crippen molar-refractivity contribution in [3.63, 3.8) is 0 Å². The standard InChI is InChI=1S/C23H25NO2S/c1-15-10-11-16(2)18(13-15)22(24-12-6-5-8-20(24)23(25)26)19-14-27-21-9-4-3-7-17(19)21/h3-4,7,9-11,13-14,20,22H,5-6,8,12H2,1-2H3,(H,25,26).